The molecule has 0 spiro atoms. The fourth-order valence-corrected chi connectivity index (χ4v) is 6.97. The second-order valence-electron chi connectivity index (χ2n) is 9.79. The predicted octanol–water partition coefficient (Wildman–Crippen LogP) is 6.52. The molecule has 3 aromatic carbocycles. The van der Waals surface area contributed by atoms with E-state index >= 15 is 0 Å². The van der Waals surface area contributed by atoms with E-state index in [1.807, 2.05) is 31.2 Å². The van der Waals surface area contributed by atoms with Crippen LogP contribution in [0, 0.1) is 6.92 Å². The van der Waals surface area contributed by atoms with Crippen LogP contribution in [0.4, 0.5) is 0 Å². The summed E-state index contributed by atoms with van der Waals surface area (Å²) < 4.78 is 28.3. The Bertz CT molecular complexity index is 1420. The van der Waals surface area contributed by atoms with Crippen LogP contribution < -0.4 is 0 Å². The van der Waals surface area contributed by atoms with E-state index in [-0.39, 0.29) is 0 Å². The molecule has 2 atom stereocenters. The van der Waals surface area contributed by atoms with Gasteiger partial charge in [0.05, 0.1) is 10.4 Å². The topological polar surface area (TPSA) is 42.3 Å². The van der Waals surface area contributed by atoms with Crippen molar-refractivity contribution >= 4 is 20.9 Å². The first-order valence-corrected chi connectivity index (χ1v) is 14.1. The average molecular weight is 487 g/mol. The zero-order valence-corrected chi connectivity index (χ0v) is 21.6. The molecule has 1 aromatic heterocycles. The Morgan fingerprint density at radius 2 is 1.74 bits per heavy atom. The maximum atomic E-state index is 13.4. The van der Waals surface area contributed by atoms with Gasteiger partial charge in [-0.15, -0.1) is 0 Å². The number of benzene rings is 3. The Labute approximate surface area is 209 Å². The van der Waals surface area contributed by atoms with Gasteiger partial charge in [0, 0.05) is 23.7 Å². The summed E-state index contributed by atoms with van der Waals surface area (Å²) >= 11 is 0. The monoisotopic (exact) mass is 486 g/mol. The largest absolute Gasteiger partial charge is 0.293 e. The minimum atomic E-state index is -3.65. The van der Waals surface area contributed by atoms with Crippen molar-refractivity contribution in [1.82, 2.24) is 8.87 Å². The molecule has 1 heterocycles. The molecule has 0 unspecified atom stereocenters. The molecule has 0 N–H and O–H groups in total. The lowest BCUT2D eigenvalue weighted by molar-refractivity contribution is 0.131. The van der Waals surface area contributed by atoms with E-state index in [4.69, 9.17) is 0 Å². The standard InChI is InChI=1S/C30H34N2O2S/c1-4-19-31(23(3)24-8-6-5-7-9-24)26-14-12-25-13-17-30-28(29(25)21-26)18-20-32(30)35(33,34)27-15-10-22(2)11-16-27/h5-11,13,15-18,20,23,26H,4,12,14,19,21H2,1-3H3/t23-,26-/m0/s1. The number of hydrogen-bond donors (Lipinski definition) is 0. The van der Waals surface area contributed by atoms with E-state index in [1.54, 1.807) is 18.3 Å². The van der Waals surface area contributed by atoms with E-state index < -0.39 is 10.0 Å². The number of hydrogen-bond acceptors (Lipinski definition) is 3. The van der Waals surface area contributed by atoms with Gasteiger partial charge in [-0.1, -0.05) is 61.0 Å². The van der Waals surface area contributed by atoms with E-state index in [9.17, 15) is 8.42 Å². The van der Waals surface area contributed by atoms with E-state index in [0.29, 0.717) is 17.0 Å². The summed E-state index contributed by atoms with van der Waals surface area (Å²) in [7, 11) is -3.65. The van der Waals surface area contributed by atoms with Crippen molar-refractivity contribution in [3.63, 3.8) is 0 Å². The summed E-state index contributed by atoms with van der Waals surface area (Å²) in [4.78, 5) is 2.97. The zero-order valence-electron chi connectivity index (χ0n) is 20.8. The molecule has 0 aliphatic heterocycles. The molecule has 5 heteroatoms. The highest BCUT2D eigenvalue weighted by Crippen LogP contribution is 2.35. The van der Waals surface area contributed by atoms with Crippen LogP contribution in [0.1, 0.15) is 55.0 Å². The summed E-state index contributed by atoms with van der Waals surface area (Å²) in [6, 6.07) is 24.7. The maximum absolute atomic E-state index is 13.4. The first kappa shape index (κ1) is 23.8. The van der Waals surface area contributed by atoms with Crippen LogP contribution in [0.2, 0.25) is 0 Å². The highest BCUT2D eigenvalue weighted by atomic mass is 32.2. The van der Waals surface area contributed by atoms with Gasteiger partial charge in [0.25, 0.3) is 10.0 Å². The Morgan fingerprint density at radius 3 is 2.46 bits per heavy atom. The van der Waals surface area contributed by atoms with Crippen LogP contribution in [0.5, 0.6) is 0 Å². The van der Waals surface area contributed by atoms with Crippen molar-refractivity contribution in [2.24, 2.45) is 0 Å². The van der Waals surface area contributed by atoms with E-state index in [0.717, 1.165) is 48.7 Å². The number of aromatic nitrogens is 1. The Morgan fingerprint density at radius 1 is 1.00 bits per heavy atom. The van der Waals surface area contributed by atoms with Crippen LogP contribution in [0.25, 0.3) is 10.9 Å². The second-order valence-corrected chi connectivity index (χ2v) is 11.6. The van der Waals surface area contributed by atoms with E-state index in [1.165, 1.54) is 20.7 Å². The normalized spacial score (nSPS) is 17.0. The first-order chi connectivity index (χ1) is 16.9. The second kappa shape index (κ2) is 9.63. The highest BCUT2D eigenvalue weighted by Gasteiger charge is 2.30. The van der Waals surface area contributed by atoms with Crippen LogP contribution in [0.15, 0.2) is 83.9 Å². The molecule has 0 fully saturated rings. The molecule has 4 nitrogen and oxygen atoms in total. The molecule has 182 valence electrons. The third kappa shape index (κ3) is 4.43. The van der Waals surface area contributed by atoms with Gasteiger partial charge in [-0.25, -0.2) is 12.4 Å². The van der Waals surface area contributed by atoms with Gasteiger partial charge in [0.1, 0.15) is 0 Å². The predicted molar refractivity (Wildman–Crippen MR) is 143 cm³/mol. The Hall–Kier alpha value is -2.89. The number of aryl methyl sites for hydroxylation is 2. The van der Waals surface area contributed by atoms with Crippen molar-refractivity contribution in [2.75, 3.05) is 6.54 Å². The van der Waals surface area contributed by atoms with Crippen molar-refractivity contribution in [3.05, 3.63) is 101 Å². The van der Waals surface area contributed by atoms with Crippen molar-refractivity contribution in [3.8, 4) is 0 Å². The quantitative estimate of drug-likeness (QED) is 0.299. The Kier molecular flexibility index (Phi) is 6.56. The minimum absolute atomic E-state index is 0.321. The lowest BCUT2D eigenvalue weighted by Gasteiger charge is -2.39. The maximum Gasteiger partial charge on any atom is 0.268 e. The van der Waals surface area contributed by atoms with Gasteiger partial charge in [0.15, 0.2) is 0 Å². The zero-order chi connectivity index (χ0) is 24.6. The number of rotatable bonds is 7. The molecule has 0 saturated carbocycles. The van der Waals surface area contributed by atoms with Gasteiger partial charge >= 0.3 is 0 Å². The third-order valence-corrected chi connectivity index (χ3v) is 9.24. The summed E-state index contributed by atoms with van der Waals surface area (Å²) in [6.07, 6.45) is 5.92. The van der Waals surface area contributed by atoms with Gasteiger partial charge in [-0.2, -0.15) is 0 Å². The van der Waals surface area contributed by atoms with E-state index in [2.05, 4.69) is 55.1 Å². The highest BCUT2D eigenvalue weighted by molar-refractivity contribution is 7.90. The molecular weight excluding hydrogens is 452 g/mol. The van der Waals surface area contributed by atoms with Gasteiger partial charge in [-0.05, 0) is 87.0 Å². The summed E-state index contributed by atoms with van der Waals surface area (Å²) in [6.45, 7) is 7.57. The number of fused-ring (bicyclic) bond motifs is 3. The van der Waals surface area contributed by atoms with Gasteiger partial charge in [0.2, 0.25) is 0 Å². The lowest BCUT2D eigenvalue weighted by atomic mass is 9.84. The van der Waals surface area contributed by atoms with Crippen molar-refractivity contribution in [1.29, 1.82) is 0 Å². The fraction of sp³-hybridized carbons (Fsp3) is 0.333. The molecule has 35 heavy (non-hydrogen) atoms. The molecule has 0 radical (unpaired) electrons. The molecule has 1 aliphatic carbocycles. The molecule has 4 aromatic rings. The molecule has 5 rings (SSSR count). The average Bonchev–Trinajstić information content (AvgIpc) is 3.33. The first-order valence-electron chi connectivity index (χ1n) is 12.6. The van der Waals surface area contributed by atoms with Crippen LogP contribution in [-0.4, -0.2) is 29.9 Å². The van der Waals surface area contributed by atoms with Crippen molar-refractivity contribution in [2.45, 2.75) is 63.4 Å². The van der Waals surface area contributed by atoms with Crippen LogP contribution >= 0.6 is 0 Å². The Balaban J connectivity index is 1.50. The SMILES string of the molecule is CCCN([C@H]1CCc2ccc3c(ccn3S(=O)(=O)c3ccc(C)cc3)c2C1)[C@@H](C)c1ccccc1. The summed E-state index contributed by atoms with van der Waals surface area (Å²) in [5.74, 6) is 0. The van der Waals surface area contributed by atoms with Crippen LogP contribution in [0.3, 0.4) is 0 Å². The molecule has 1 aliphatic rings. The van der Waals surface area contributed by atoms with Crippen molar-refractivity contribution < 1.29 is 8.42 Å². The summed E-state index contributed by atoms with van der Waals surface area (Å²) in [5, 5.41) is 1.06. The molecule has 0 amide bonds. The van der Waals surface area contributed by atoms with Gasteiger partial charge < -0.3 is 0 Å². The molecule has 0 saturated heterocycles. The lowest BCUT2D eigenvalue weighted by Crippen LogP contribution is -2.41. The molecule has 0 bridgehead atoms. The summed E-state index contributed by atoms with van der Waals surface area (Å²) in [5.41, 5.74) is 5.81. The minimum Gasteiger partial charge on any atom is -0.293 e. The fourth-order valence-electron chi connectivity index (χ4n) is 5.62. The van der Waals surface area contributed by atoms with Crippen LogP contribution in [-0.2, 0) is 22.9 Å². The third-order valence-electron chi connectivity index (χ3n) is 7.54. The molecular formula is C30H34N2O2S. The smallest absolute Gasteiger partial charge is 0.268 e. The van der Waals surface area contributed by atoms with Gasteiger partial charge in [-0.3, -0.25) is 4.90 Å². The number of nitrogens with zero attached hydrogens (tertiary/aromatic N) is 2.